The van der Waals surface area contributed by atoms with E-state index in [1.165, 1.54) is 31.6 Å². The van der Waals surface area contributed by atoms with Gasteiger partial charge in [0.1, 0.15) is 0 Å². The van der Waals surface area contributed by atoms with E-state index < -0.39 is 0 Å². The highest BCUT2D eigenvalue weighted by atomic mass is 16.5. The van der Waals surface area contributed by atoms with E-state index in [4.69, 9.17) is 0 Å². The summed E-state index contributed by atoms with van der Waals surface area (Å²) in [5.41, 5.74) is 2.44. The minimum Gasteiger partial charge on any atom is -0.466 e. The first-order chi connectivity index (χ1) is 7.29. The molecule has 78 valence electrons. The van der Waals surface area contributed by atoms with Crippen molar-refractivity contribution < 1.29 is 9.53 Å². The molecule has 1 saturated carbocycles. The Balaban J connectivity index is 2.03. The number of carbonyl (C=O) groups is 1. The van der Waals surface area contributed by atoms with Gasteiger partial charge in [0, 0.05) is 6.08 Å². The van der Waals surface area contributed by atoms with Gasteiger partial charge in [0.25, 0.3) is 0 Å². The van der Waals surface area contributed by atoms with Crippen LogP contribution in [0.15, 0.2) is 30.3 Å². The average molecular weight is 202 g/mol. The molecule has 0 radical (unpaired) electrons. The van der Waals surface area contributed by atoms with Crippen LogP contribution in [0.25, 0.3) is 6.08 Å². The summed E-state index contributed by atoms with van der Waals surface area (Å²) in [6, 6.07) is 8.34. The van der Waals surface area contributed by atoms with Crippen LogP contribution in [0.4, 0.5) is 0 Å². The molecule has 2 heteroatoms. The van der Waals surface area contributed by atoms with E-state index in [0.29, 0.717) is 0 Å². The van der Waals surface area contributed by atoms with Crippen molar-refractivity contribution in [2.45, 2.75) is 18.8 Å². The van der Waals surface area contributed by atoms with Crippen LogP contribution in [0.2, 0.25) is 0 Å². The Morgan fingerprint density at radius 2 is 2.00 bits per heavy atom. The third-order valence-electron chi connectivity index (χ3n) is 2.60. The zero-order chi connectivity index (χ0) is 10.7. The molecule has 0 N–H and O–H groups in total. The molecular weight excluding hydrogens is 188 g/mol. The van der Waals surface area contributed by atoms with Crippen LogP contribution in [-0.2, 0) is 9.53 Å². The number of carbonyl (C=O) groups excluding carboxylic acids is 1. The first-order valence-electron chi connectivity index (χ1n) is 5.15. The van der Waals surface area contributed by atoms with Crippen molar-refractivity contribution in [3.8, 4) is 0 Å². The number of methoxy groups -OCH3 is 1. The maximum absolute atomic E-state index is 10.9. The summed E-state index contributed by atoms with van der Waals surface area (Å²) in [5, 5.41) is 0. The summed E-state index contributed by atoms with van der Waals surface area (Å²) in [7, 11) is 1.38. The van der Waals surface area contributed by atoms with Gasteiger partial charge in [-0.15, -0.1) is 0 Å². The van der Waals surface area contributed by atoms with Crippen molar-refractivity contribution in [1.82, 2.24) is 0 Å². The summed E-state index contributed by atoms with van der Waals surface area (Å²) in [6.07, 6.45) is 5.84. The summed E-state index contributed by atoms with van der Waals surface area (Å²) in [5.74, 6) is 0.463. The lowest BCUT2D eigenvalue weighted by molar-refractivity contribution is -0.134. The van der Waals surface area contributed by atoms with Gasteiger partial charge >= 0.3 is 5.97 Å². The first-order valence-corrected chi connectivity index (χ1v) is 5.15. The fourth-order valence-electron chi connectivity index (χ4n) is 1.53. The zero-order valence-electron chi connectivity index (χ0n) is 8.77. The van der Waals surface area contributed by atoms with Gasteiger partial charge in [0.2, 0.25) is 0 Å². The summed E-state index contributed by atoms with van der Waals surface area (Å²) < 4.78 is 4.52. The van der Waals surface area contributed by atoms with Gasteiger partial charge in [-0.25, -0.2) is 4.79 Å². The van der Waals surface area contributed by atoms with E-state index >= 15 is 0 Å². The Morgan fingerprint density at radius 1 is 1.33 bits per heavy atom. The van der Waals surface area contributed by atoms with Gasteiger partial charge in [-0.05, 0) is 36.0 Å². The maximum atomic E-state index is 10.9. The van der Waals surface area contributed by atoms with E-state index in [1.54, 1.807) is 6.08 Å². The number of rotatable bonds is 3. The standard InChI is InChI=1S/C13H14O2/c1-15-13(14)9-4-10-2-5-11(6-3-10)12-7-8-12/h2-6,9,12H,7-8H2,1H3/b9-4+. The Labute approximate surface area is 89.6 Å². The number of ether oxygens (including phenoxy) is 1. The average Bonchev–Trinajstić information content (AvgIpc) is 3.10. The van der Waals surface area contributed by atoms with Gasteiger partial charge in [0.15, 0.2) is 0 Å². The fourth-order valence-corrected chi connectivity index (χ4v) is 1.53. The molecule has 0 aromatic heterocycles. The highest BCUT2D eigenvalue weighted by molar-refractivity contribution is 5.86. The minimum atomic E-state index is -0.318. The molecule has 0 atom stereocenters. The molecule has 1 aliphatic carbocycles. The Kier molecular flexibility index (Phi) is 2.86. The molecule has 1 aromatic rings. The first kappa shape index (κ1) is 9.97. The van der Waals surface area contributed by atoms with Gasteiger partial charge in [-0.2, -0.15) is 0 Å². The van der Waals surface area contributed by atoms with Crippen molar-refractivity contribution in [2.24, 2.45) is 0 Å². The molecule has 1 fully saturated rings. The van der Waals surface area contributed by atoms with Crippen LogP contribution < -0.4 is 0 Å². The summed E-state index contributed by atoms with van der Waals surface area (Å²) in [6.45, 7) is 0. The normalized spacial score (nSPS) is 15.5. The van der Waals surface area contributed by atoms with Gasteiger partial charge < -0.3 is 4.74 Å². The molecule has 0 amide bonds. The Hall–Kier alpha value is -1.57. The highest BCUT2D eigenvalue weighted by Crippen LogP contribution is 2.39. The monoisotopic (exact) mass is 202 g/mol. The van der Waals surface area contributed by atoms with Crippen LogP contribution in [0.3, 0.4) is 0 Å². The topological polar surface area (TPSA) is 26.3 Å². The van der Waals surface area contributed by atoms with Crippen LogP contribution in [-0.4, -0.2) is 13.1 Å². The molecule has 0 saturated heterocycles. The number of hydrogen-bond acceptors (Lipinski definition) is 2. The second-order valence-electron chi connectivity index (χ2n) is 3.80. The fraction of sp³-hybridized carbons (Fsp3) is 0.308. The Morgan fingerprint density at radius 3 is 2.53 bits per heavy atom. The second kappa shape index (κ2) is 4.30. The minimum absolute atomic E-state index is 0.318. The third-order valence-corrected chi connectivity index (χ3v) is 2.60. The smallest absolute Gasteiger partial charge is 0.330 e. The van der Waals surface area contributed by atoms with E-state index in [-0.39, 0.29) is 5.97 Å². The summed E-state index contributed by atoms with van der Waals surface area (Å²) in [4.78, 5) is 10.9. The molecule has 1 aromatic carbocycles. The maximum Gasteiger partial charge on any atom is 0.330 e. The predicted octanol–water partition coefficient (Wildman–Crippen LogP) is 2.75. The van der Waals surface area contributed by atoms with Crippen LogP contribution in [0.5, 0.6) is 0 Å². The van der Waals surface area contributed by atoms with Gasteiger partial charge in [-0.3, -0.25) is 0 Å². The molecule has 2 nitrogen and oxygen atoms in total. The van der Waals surface area contributed by atoms with Gasteiger partial charge in [0.05, 0.1) is 7.11 Å². The van der Waals surface area contributed by atoms with Gasteiger partial charge in [-0.1, -0.05) is 24.3 Å². The van der Waals surface area contributed by atoms with Crippen molar-refractivity contribution in [3.05, 3.63) is 41.5 Å². The van der Waals surface area contributed by atoms with E-state index in [9.17, 15) is 4.79 Å². The molecule has 0 bridgehead atoms. The second-order valence-corrected chi connectivity index (χ2v) is 3.80. The Bertz CT molecular complexity index is 372. The molecular formula is C13H14O2. The third kappa shape index (κ3) is 2.69. The molecule has 0 heterocycles. The lowest BCUT2D eigenvalue weighted by atomic mass is 10.1. The molecule has 0 unspecified atom stereocenters. The SMILES string of the molecule is COC(=O)/C=C/c1ccc(C2CC2)cc1. The lowest BCUT2D eigenvalue weighted by Gasteiger charge is -1.98. The molecule has 2 rings (SSSR count). The van der Waals surface area contributed by atoms with Crippen molar-refractivity contribution in [1.29, 1.82) is 0 Å². The summed E-state index contributed by atoms with van der Waals surface area (Å²) >= 11 is 0. The van der Waals surface area contributed by atoms with E-state index in [2.05, 4.69) is 16.9 Å². The van der Waals surface area contributed by atoms with Crippen LogP contribution in [0, 0.1) is 0 Å². The van der Waals surface area contributed by atoms with Crippen molar-refractivity contribution in [3.63, 3.8) is 0 Å². The number of benzene rings is 1. The molecule has 15 heavy (non-hydrogen) atoms. The van der Waals surface area contributed by atoms with Crippen LogP contribution in [0.1, 0.15) is 29.9 Å². The molecule has 0 aliphatic heterocycles. The predicted molar refractivity (Wildman–Crippen MR) is 59.5 cm³/mol. The largest absolute Gasteiger partial charge is 0.466 e. The van der Waals surface area contributed by atoms with E-state index in [0.717, 1.165) is 11.5 Å². The van der Waals surface area contributed by atoms with Crippen molar-refractivity contribution in [2.75, 3.05) is 7.11 Å². The quantitative estimate of drug-likeness (QED) is 0.556. The molecule has 0 spiro atoms. The molecule has 1 aliphatic rings. The zero-order valence-corrected chi connectivity index (χ0v) is 8.77. The van der Waals surface area contributed by atoms with Crippen molar-refractivity contribution >= 4 is 12.0 Å². The number of hydrogen-bond donors (Lipinski definition) is 0. The van der Waals surface area contributed by atoms with E-state index in [1.807, 2.05) is 12.1 Å². The number of esters is 1. The van der Waals surface area contributed by atoms with Crippen LogP contribution >= 0.6 is 0 Å². The lowest BCUT2D eigenvalue weighted by Crippen LogP contribution is -1.93. The highest BCUT2D eigenvalue weighted by Gasteiger charge is 2.22.